The van der Waals surface area contributed by atoms with Gasteiger partial charge in [-0.1, -0.05) is 6.07 Å². The third-order valence-corrected chi connectivity index (χ3v) is 2.55. The highest BCUT2D eigenvalue weighted by Crippen LogP contribution is 2.32. The van der Waals surface area contributed by atoms with Crippen LogP contribution in [0.5, 0.6) is 11.6 Å². The van der Waals surface area contributed by atoms with Crippen molar-refractivity contribution in [2.24, 2.45) is 0 Å². The molecule has 1 heterocycles. The second-order valence-electron chi connectivity index (χ2n) is 3.61. The van der Waals surface area contributed by atoms with E-state index in [1.165, 1.54) is 24.7 Å². The first-order valence-electron chi connectivity index (χ1n) is 5.20. The first-order chi connectivity index (χ1) is 9.00. The van der Waals surface area contributed by atoms with E-state index in [-0.39, 0.29) is 17.5 Å². The lowest BCUT2D eigenvalue weighted by molar-refractivity contribution is -0.137. The summed E-state index contributed by atoms with van der Waals surface area (Å²) < 4.78 is 43.0. The summed E-state index contributed by atoms with van der Waals surface area (Å²) >= 11 is 5.66. The zero-order chi connectivity index (χ0) is 13.9. The fourth-order valence-corrected chi connectivity index (χ4v) is 1.56. The molecule has 0 aliphatic rings. The Hall–Kier alpha value is -1.82. The second kappa shape index (κ2) is 5.44. The molecule has 0 N–H and O–H groups in total. The number of halogens is 4. The molecular formula is C12H8ClF3N2O. The molecule has 0 aliphatic heterocycles. The van der Waals surface area contributed by atoms with Crippen LogP contribution in [0.2, 0.25) is 0 Å². The number of rotatable bonds is 3. The molecule has 7 heteroatoms. The monoisotopic (exact) mass is 288 g/mol. The minimum Gasteiger partial charge on any atom is -0.439 e. The van der Waals surface area contributed by atoms with Gasteiger partial charge in [-0.3, -0.25) is 0 Å². The molecule has 0 unspecified atom stereocenters. The van der Waals surface area contributed by atoms with E-state index in [1.807, 2.05) is 0 Å². The first-order valence-corrected chi connectivity index (χ1v) is 5.74. The normalized spacial score (nSPS) is 11.4. The van der Waals surface area contributed by atoms with E-state index < -0.39 is 11.7 Å². The van der Waals surface area contributed by atoms with Crippen LogP contribution in [0.4, 0.5) is 13.2 Å². The number of benzene rings is 1. The topological polar surface area (TPSA) is 35.0 Å². The lowest BCUT2D eigenvalue weighted by atomic mass is 10.2. The van der Waals surface area contributed by atoms with Crippen LogP contribution in [0.1, 0.15) is 11.1 Å². The number of hydrogen-bond donors (Lipinski definition) is 0. The lowest BCUT2D eigenvalue weighted by Gasteiger charge is -2.10. The molecule has 19 heavy (non-hydrogen) atoms. The quantitative estimate of drug-likeness (QED) is 0.800. The third kappa shape index (κ3) is 3.35. The highest BCUT2D eigenvalue weighted by atomic mass is 35.5. The van der Waals surface area contributed by atoms with Crippen molar-refractivity contribution in [1.29, 1.82) is 0 Å². The molecule has 1 aromatic heterocycles. The zero-order valence-corrected chi connectivity index (χ0v) is 10.2. The Morgan fingerprint density at radius 1 is 1.26 bits per heavy atom. The molecule has 0 bridgehead atoms. The molecule has 0 spiro atoms. The minimum atomic E-state index is -4.42. The zero-order valence-electron chi connectivity index (χ0n) is 9.49. The smallest absolute Gasteiger partial charge is 0.416 e. The van der Waals surface area contributed by atoms with Gasteiger partial charge in [-0.25, -0.2) is 9.97 Å². The van der Waals surface area contributed by atoms with Crippen LogP contribution in [0.3, 0.4) is 0 Å². The van der Waals surface area contributed by atoms with Crippen molar-refractivity contribution >= 4 is 11.6 Å². The first kappa shape index (κ1) is 13.6. The number of aromatic nitrogens is 2. The summed E-state index contributed by atoms with van der Waals surface area (Å²) in [6.07, 6.45) is -1.73. The van der Waals surface area contributed by atoms with E-state index in [2.05, 4.69) is 9.97 Å². The summed E-state index contributed by atoms with van der Waals surface area (Å²) in [7, 11) is 0. The van der Waals surface area contributed by atoms with Crippen LogP contribution >= 0.6 is 11.6 Å². The van der Waals surface area contributed by atoms with Crippen molar-refractivity contribution in [3.63, 3.8) is 0 Å². The van der Waals surface area contributed by atoms with Crippen molar-refractivity contribution < 1.29 is 17.9 Å². The van der Waals surface area contributed by atoms with E-state index in [1.54, 1.807) is 0 Å². The van der Waals surface area contributed by atoms with E-state index in [0.717, 1.165) is 12.1 Å². The predicted molar refractivity (Wildman–Crippen MR) is 63.1 cm³/mol. The summed E-state index contributed by atoms with van der Waals surface area (Å²) in [5.74, 6) is 0.291. The molecule has 2 aromatic rings. The van der Waals surface area contributed by atoms with Gasteiger partial charge in [0.1, 0.15) is 12.1 Å². The highest BCUT2D eigenvalue weighted by molar-refractivity contribution is 6.17. The van der Waals surface area contributed by atoms with Crippen LogP contribution in [0.25, 0.3) is 0 Å². The Balaban J connectivity index is 2.29. The van der Waals surface area contributed by atoms with Gasteiger partial charge in [0.05, 0.1) is 11.4 Å². The molecule has 0 saturated carbocycles. The molecule has 0 aliphatic carbocycles. The Kier molecular flexibility index (Phi) is 3.90. The molecule has 0 atom stereocenters. The largest absolute Gasteiger partial charge is 0.439 e. The molecule has 3 nitrogen and oxygen atoms in total. The molecule has 0 radical (unpaired) electrons. The van der Waals surface area contributed by atoms with E-state index in [0.29, 0.717) is 5.56 Å². The van der Waals surface area contributed by atoms with Gasteiger partial charge in [0, 0.05) is 11.8 Å². The lowest BCUT2D eigenvalue weighted by Crippen LogP contribution is -2.04. The minimum absolute atomic E-state index is 0.0416. The Morgan fingerprint density at radius 2 is 2.05 bits per heavy atom. The van der Waals surface area contributed by atoms with E-state index >= 15 is 0 Å². The van der Waals surface area contributed by atoms with Crippen molar-refractivity contribution in [2.45, 2.75) is 12.1 Å². The molecular weight excluding hydrogens is 281 g/mol. The Morgan fingerprint density at radius 3 is 2.74 bits per heavy atom. The van der Waals surface area contributed by atoms with Crippen molar-refractivity contribution in [1.82, 2.24) is 9.97 Å². The molecule has 100 valence electrons. The van der Waals surface area contributed by atoms with Gasteiger partial charge >= 0.3 is 6.18 Å². The van der Waals surface area contributed by atoms with Gasteiger partial charge in [-0.05, 0) is 18.2 Å². The summed E-state index contributed by atoms with van der Waals surface area (Å²) in [6, 6.07) is 4.55. The SMILES string of the molecule is FC(F)(F)c1cccc(Oc2ncncc2CCl)c1. The van der Waals surface area contributed by atoms with Crippen molar-refractivity contribution in [2.75, 3.05) is 0 Å². The van der Waals surface area contributed by atoms with Crippen LogP contribution in [0.15, 0.2) is 36.8 Å². The third-order valence-electron chi connectivity index (χ3n) is 2.27. The maximum atomic E-state index is 12.5. The molecule has 0 saturated heterocycles. The number of hydrogen-bond acceptors (Lipinski definition) is 3. The summed E-state index contributed by atoms with van der Waals surface area (Å²) in [5.41, 5.74) is -0.284. The average molecular weight is 289 g/mol. The van der Waals surface area contributed by atoms with Crippen molar-refractivity contribution in [3.05, 3.63) is 47.9 Å². The van der Waals surface area contributed by atoms with E-state index in [9.17, 15) is 13.2 Å². The van der Waals surface area contributed by atoms with Crippen LogP contribution < -0.4 is 4.74 Å². The van der Waals surface area contributed by atoms with Gasteiger partial charge in [0.2, 0.25) is 5.88 Å². The Bertz CT molecular complexity index is 575. The highest BCUT2D eigenvalue weighted by Gasteiger charge is 2.30. The van der Waals surface area contributed by atoms with Gasteiger partial charge in [-0.15, -0.1) is 11.6 Å². The summed E-state index contributed by atoms with van der Waals surface area (Å²) in [4.78, 5) is 7.60. The maximum absolute atomic E-state index is 12.5. The van der Waals surface area contributed by atoms with Crippen LogP contribution in [-0.4, -0.2) is 9.97 Å². The molecule has 1 aromatic carbocycles. The van der Waals surface area contributed by atoms with Gasteiger partial charge in [-0.2, -0.15) is 13.2 Å². The molecule has 0 amide bonds. The van der Waals surface area contributed by atoms with Gasteiger partial charge in [0.25, 0.3) is 0 Å². The molecule has 2 rings (SSSR count). The summed E-state index contributed by atoms with van der Waals surface area (Å²) in [6.45, 7) is 0. The van der Waals surface area contributed by atoms with Crippen LogP contribution in [0, 0.1) is 0 Å². The fraction of sp³-hybridized carbons (Fsp3) is 0.167. The predicted octanol–water partition coefficient (Wildman–Crippen LogP) is 4.03. The number of nitrogens with zero attached hydrogens (tertiary/aromatic N) is 2. The number of ether oxygens (including phenoxy) is 1. The second-order valence-corrected chi connectivity index (χ2v) is 3.88. The molecule has 0 fully saturated rings. The Labute approximate surface area is 112 Å². The average Bonchev–Trinajstić information content (AvgIpc) is 2.39. The standard InChI is InChI=1S/C12H8ClF3N2O/c13-5-8-6-17-7-18-11(8)19-10-3-1-2-9(4-10)12(14,15)16/h1-4,6-7H,5H2. The number of alkyl halides is 4. The van der Waals surface area contributed by atoms with Gasteiger partial charge < -0.3 is 4.74 Å². The van der Waals surface area contributed by atoms with Crippen molar-refractivity contribution in [3.8, 4) is 11.6 Å². The van der Waals surface area contributed by atoms with Gasteiger partial charge in [0.15, 0.2) is 0 Å². The maximum Gasteiger partial charge on any atom is 0.416 e. The fourth-order valence-electron chi connectivity index (χ4n) is 1.38. The van der Waals surface area contributed by atoms with Crippen LogP contribution in [-0.2, 0) is 12.1 Å². The summed E-state index contributed by atoms with van der Waals surface area (Å²) in [5, 5.41) is 0. The van der Waals surface area contributed by atoms with E-state index in [4.69, 9.17) is 16.3 Å².